The molecule has 1 aliphatic heterocycles. The standard InChI is InChI=1S/C19H37NO6Si/c1-14(21)12-24-16(22)15-10-9-11-20(15)26-27(8,13-18(2,3)4)17(23)25-19(5,6)7/h14-15,21H,9-13H2,1-8H3/t14-,15?,27?/m0/s1. The second kappa shape index (κ2) is 9.02. The zero-order chi connectivity index (χ0) is 21.0. The molecule has 158 valence electrons. The predicted molar refractivity (Wildman–Crippen MR) is 106 cm³/mol. The zero-order valence-corrected chi connectivity index (χ0v) is 19.1. The third kappa shape index (κ3) is 8.29. The molecule has 1 rings (SSSR count). The molecule has 2 unspecified atom stereocenters. The highest BCUT2D eigenvalue weighted by atomic mass is 28.4. The van der Waals surface area contributed by atoms with Crippen LogP contribution >= 0.6 is 0 Å². The van der Waals surface area contributed by atoms with Gasteiger partial charge in [0.25, 0.3) is 0 Å². The first-order chi connectivity index (χ1) is 12.1. The number of ether oxygens (including phenoxy) is 2. The minimum Gasteiger partial charge on any atom is -0.462 e. The van der Waals surface area contributed by atoms with Gasteiger partial charge in [0.2, 0.25) is 0 Å². The number of hydroxylamine groups is 2. The molecule has 1 heterocycles. The fourth-order valence-corrected chi connectivity index (χ4v) is 6.75. The zero-order valence-electron chi connectivity index (χ0n) is 18.1. The fraction of sp³-hybridized carbons (Fsp3) is 0.895. The van der Waals surface area contributed by atoms with Crippen molar-refractivity contribution in [3.8, 4) is 0 Å². The third-order valence-electron chi connectivity index (χ3n) is 3.96. The second-order valence-corrected chi connectivity index (χ2v) is 13.2. The third-order valence-corrected chi connectivity index (χ3v) is 7.30. The van der Waals surface area contributed by atoms with Crippen molar-refractivity contribution in [2.45, 2.75) is 91.6 Å². The van der Waals surface area contributed by atoms with Crippen LogP contribution in [0.25, 0.3) is 0 Å². The molecule has 0 aromatic rings. The number of hydrogen-bond acceptors (Lipinski definition) is 7. The van der Waals surface area contributed by atoms with Gasteiger partial charge >= 0.3 is 19.9 Å². The largest absolute Gasteiger partial charge is 0.462 e. The first kappa shape index (κ1) is 24.1. The molecule has 3 atom stereocenters. The Balaban J connectivity index is 2.96. The van der Waals surface area contributed by atoms with Crippen LogP contribution < -0.4 is 0 Å². The summed E-state index contributed by atoms with van der Waals surface area (Å²) in [5.74, 6) is -0.426. The van der Waals surface area contributed by atoms with E-state index in [0.717, 1.165) is 6.42 Å². The van der Waals surface area contributed by atoms with Gasteiger partial charge in [-0.3, -0.25) is 9.59 Å². The minimum absolute atomic E-state index is 0.0497. The number of aliphatic hydroxyl groups excluding tert-OH is 1. The number of nitrogens with zero attached hydrogens (tertiary/aromatic N) is 1. The van der Waals surface area contributed by atoms with Crippen LogP contribution in [0, 0.1) is 5.41 Å². The Morgan fingerprint density at radius 1 is 1.22 bits per heavy atom. The van der Waals surface area contributed by atoms with Gasteiger partial charge in [-0.25, -0.2) is 0 Å². The normalized spacial score (nSPS) is 22.2. The van der Waals surface area contributed by atoms with E-state index in [1.54, 1.807) is 12.0 Å². The van der Waals surface area contributed by atoms with Gasteiger partial charge in [0.1, 0.15) is 18.2 Å². The van der Waals surface area contributed by atoms with Crippen LogP contribution in [0.4, 0.5) is 4.79 Å². The lowest BCUT2D eigenvalue weighted by Gasteiger charge is -2.37. The summed E-state index contributed by atoms with van der Waals surface area (Å²) in [4.78, 5) is 25.4. The average Bonchev–Trinajstić information content (AvgIpc) is 2.88. The monoisotopic (exact) mass is 403 g/mol. The van der Waals surface area contributed by atoms with Gasteiger partial charge in [-0.15, -0.1) is 0 Å². The molecule has 8 heteroatoms. The molecule has 1 fully saturated rings. The van der Waals surface area contributed by atoms with Crippen molar-refractivity contribution in [1.29, 1.82) is 0 Å². The van der Waals surface area contributed by atoms with Crippen LogP contribution in [-0.2, 0) is 18.8 Å². The number of rotatable bonds is 7. The summed E-state index contributed by atoms with van der Waals surface area (Å²) in [6, 6.07) is 0.0129. The molecule has 0 aromatic heterocycles. The van der Waals surface area contributed by atoms with Crippen LogP contribution in [0.3, 0.4) is 0 Å². The molecule has 27 heavy (non-hydrogen) atoms. The highest BCUT2D eigenvalue weighted by molar-refractivity contribution is 6.99. The van der Waals surface area contributed by atoms with E-state index in [-0.39, 0.29) is 17.6 Å². The predicted octanol–water partition coefficient (Wildman–Crippen LogP) is 3.44. The van der Waals surface area contributed by atoms with Gasteiger partial charge < -0.3 is 19.1 Å². The molecular weight excluding hydrogens is 366 g/mol. The molecule has 0 saturated carbocycles. The highest BCUT2D eigenvalue weighted by Crippen LogP contribution is 2.33. The first-order valence-corrected chi connectivity index (χ1v) is 12.3. The van der Waals surface area contributed by atoms with E-state index in [1.165, 1.54) is 0 Å². The summed E-state index contributed by atoms with van der Waals surface area (Å²) in [5.41, 5.74) is -1.04. The molecule has 7 nitrogen and oxygen atoms in total. The number of esters is 1. The Hall–Kier alpha value is -0.963. The van der Waals surface area contributed by atoms with Crippen molar-refractivity contribution >= 4 is 19.9 Å². The van der Waals surface area contributed by atoms with Crippen molar-refractivity contribution in [3.63, 3.8) is 0 Å². The molecular formula is C19H37NO6Si. The molecule has 0 spiro atoms. The Kier molecular flexibility index (Phi) is 8.05. The van der Waals surface area contributed by atoms with Crippen molar-refractivity contribution < 1.29 is 28.7 Å². The Morgan fingerprint density at radius 2 is 1.81 bits per heavy atom. The van der Waals surface area contributed by atoms with E-state index < -0.39 is 32.0 Å². The van der Waals surface area contributed by atoms with E-state index >= 15 is 0 Å². The van der Waals surface area contributed by atoms with Crippen molar-refractivity contribution in [1.82, 2.24) is 5.06 Å². The average molecular weight is 404 g/mol. The van der Waals surface area contributed by atoms with E-state index in [0.29, 0.717) is 19.0 Å². The quantitative estimate of drug-likeness (QED) is 0.515. The van der Waals surface area contributed by atoms with Crippen LogP contribution in [-0.4, -0.2) is 60.9 Å². The topological polar surface area (TPSA) is 85.3 Å². The van der Waals surface area contributed by atoms with Crippen molar-refractivity contribution in [2.24, 2.45) is 5.41 Å². The molecule has 0 amide bonds. The van der Waals surface area contributed by atoms with Crippen LogP contribution in [0.2, 0.25) is 12.6 Å². The van der Waals surface area contributed by atoms with E-state index in [2.05, 4.69) is 20.8 Å². The maximum absolute atomic E-state index is 13.0. The molecule has 1 N–H and O–H groups in total. The maximum Gasteiger partial charge on any atom is 0.340 e. The van der Waals surface area contributed by atoms with E-state index in [1.807, 2.05) is 27.3 Å². The minimum atomic E-state index is -2.99. The number of carbonyl (C=O) groups excluding carboxylic acids is 2. The maximum atomic E-state index is 13.0. The Morgan fingerprint density at radius 3 is 2.30 bits per heavy atom. The summed E-state index contributed by atoms with van der Waals surface area (Å²) >= 11 is 0. The van der Waals surface area contributed by atoms with Gasteiger partial charge in [0, 0.05) is 6.54 Å². The summed E-state index contributed by atoms with van der Waals surface area (Å²) in [6.07, 6.45) is 0.669. The smallest absolute Gasteiger partial charge is 0.340 e. The summed E-state index contributed by atoms with van der Waals surface area (Å²) in [7, 11) is -2.99. The van der Waals surface area contributed by atoms with Gasteiger partial charge in [-0.05, 0) is 58.5 Å². The lowest BCUT2D eigenvalue weighted by Crippen LogP contribution is -2.55. The fourth-order valence-electron chi connectivity index (χ4n) is 3.18. The van der Waals surface area contributed by atoms with Gasteiger partial charge in [-0.2, -0.15) is 5.06 Å². The summed E-state index contributed by atoms with van der Waals surface area (Å²) in [5, 5.41) is 10.9. The molecule has 0 radical (unpaired) electrons. The van der Waals surface area contributed by atoms with Crippen molar-refractivity contribution in [3.05, 3.63) is 0 Å². The van der Waals surface area contributed by atoms with Gasteiger partial charge in [0.05, 0.1) is 6.10 Å². The van der Waals surface area contributed by atoms with Gasteiger partial charge in [0.15, 0.2) is 0 Å². The lowest BCUT2D eigenvalue weighted by molar-refractivity contribution is -0.165. The van der Waals surface area contributed by atoms with Gasteiger partial charge in [-0.1, -0.05) is 20.8 Å². The molecule has 0 aromatic carbocycles. The molecule has 0 bridgehead atoms. The molecule has 0 aliphatic carbocycles. The van der Waals surface area contributed by atoms with Crippen molar-refractivity contribution in [2.75, 3.05) is 13.2 Å². The van der Waals surface area contributed by atoms with Crippen LogP contribution in [0.15, 0.2) is 0 Å². The highest BCUT2D eigenvalue weighted by Gasteiger charge is 2.49. The molecule has 1 aliphatic rings. The SMILES string of the molecule is C[C@H](O)COC(=O)C1CCCN1O[Si](C)(CC(C)(C)C)C(=O)OC(C)(C)C. The van der Waals surface area contributed by atoms with E-state index in [4.69, 9.17) is 14.0 Å². The molecule has 1 saturated heterocycles. The Labute approximate surface area is 164 Å². The summed E-state index contributed by atoms with van der Waals surface area (Å²) in [6.45, 7) is 15.6. The van der Waals surface area contributed by atoms with E-state index in [9.17, 15) is 14.7 Å². The summed E-state index contributed by atoms with van der Waals surface area (Å²) < 4.78 is 17.1. The second-order valence-electron chi connectivity index (χ2n) is 9.84. The number of aliphatic hydroxyl groups is 1. The van der Waals surface area contributed by atoms with Crippen LogP contribution in [0.1, 0.15) is 61.3 Å². The lowest BCUT2D eigenvalue weighted by atomic mass is 10.0. The number of hydrogen-bond donors (Lipinski definition) is 1. The number of carbonyl (C=O) groups is 2. The van der Waals surface area contributed by atoms with Crippen LogP contribution in [0.5, 0.6) is 0 Å². The first-order valence-electron chi connectivity index (χ1n) is 9.67. The Bertz CT molecular complexity index is 525.